The molecule has 1 unspecified atom stereocenters. The summed E-state index contributed by atoms with van der Waals surface area (Å²) in [5.41, 5.74) is 3.15. The Balaban J connectivity index is 1.78. The van der Waals surface area contributed by atoms with Crippen molar-refractivity contribution >= 4 is 22.6 Å². The highest BCUT2D eigenvalue weighted by Gasteiger charge is 2.29. The predicted octanol–water partition coefficient (Wildman–Crippen LogP) is 2.76. The van der Waals surface area contributed by atoms with Crippen LogP contribution < -0.4 is 5.48 Å². The summed E-state index contributed by atoms with van der Waals surface area (Å²) >= 11 is 0. The molecule has 5 heteroatoms. The Bertz CT molecular complexity index is 739. The smallest absolute Gasteiger partial charge is 0.254 e. The molecule has 126 valence electrons. The quantitative estimate of drug-likeness (QED) is 0.879. The molecule has 0 aromatic heterocycles. The lowest BCUT2D eigenvalue weighted by atomic mass is 9.96. The molecule has 3 rings (SSSR count). The molecular formula is C19H22N2O3. The van der Waals surface area contributed by atoms with Gasteiger partial charge in [-0.25, -0.2) is 5.48 Å². The monoisotopic (exact) mass is 326 g/mol. The Morgan fingerprint density at radius 2 is 2.00 bits per heavy atom. The summed E-state index contributed by atoms with van der Waals surface area (Å²) < 4.78 is 0. The third-order valence-electron chi connectivity index (χ3n) is 4.42. The first-order valence-corrected chi connectivity index (χ1v) is 8.39. The largest absolute Gasteiger partial charge is 0.338 e. The Hall–Kier alpha value is -2.40. The molecule has 0 aliphatic carbocycles. The van der Waals surface area contributed by atoms with Crippen LogP contribution in [-0.2, 0) is 9.63 Å². The van der Waals surface area contributed by atoms with E-state index in [0.717, 1.165) is 23.6 Å². The van der Waals surface area contributed by atoms with Gasteiger partial charge in [0.1, 0.15) is 0 Å². The molecule has 1 saturated heterocycles. The number of nitrogens with zero attached hydrogens (tertiary/aromatic N) is 1. The molecule has 1 heterocycles. The molecule has 5 nitrogen and oxygen atoms in total. The first-order valence-electron chi connectivity index (χ1n) is 8.39. The van der Waals surface area contributed by atoms with Crippen LogP contribution in [0.15, 0.2) is 42.5 Å². The Morgan fingerprint density at radius 3 is 2.83 bits per heavy atom. The van der Waals surface area contributed by atoms with E-state index < -0.39 is 0 Å². The third-order valence-corrected chi connectivity index (χ3v) is 4.42. The highest BCUT2D eigenvalue weighted by atomic mass is 16.6. The first-order chi connectivity index (χ1) is 11.7. The fourth-order valence-electron chi connectivity index (χ4n) is 3.18. The van der Waals surface area contributed by atoms with Crippen molar-refractivity contribution in [1.29, 1.82) is 0 Å². The molecule has 1 atom stereocenters. The van der Waals surface area contributed by atoms with Gasteiger partial charge in [-0.1, -0.05) is 36.4 Å². The summed E-state index contributed by atoms with van der Waals surface area (Å²) in [5, 5.41) is 2.00. The summed E-state index contributed by atoms with van der Waals surface area (Å²) in [6.45, 7) is 3.36. The number of carbonyl (C=O) groups is 2. The van der Waals surface area contributed by atoms with Gasteiger partial charge in [-0.15, -0.1) is 0 Å². The number of benzene rings is 2. The lowest BCUT2D eigenvalue weighted by Crippen LogP contribution is -2.45. The van der Waals surface area contributed by atoms with E-state index in [0.29, 0.717) is 25.3 Å². The minimum Gasteiger partial charge on any atom is -0.338 e. The Kier molecular flexibility index (Phi) is 5.11. The second kappa shape index (κ2) is 7.45. The topological polar surface area (TPSA) is 58.6 Å². The normalized spacial score (nSPS) is 17.7. The molecule has 24 heavy (non-hydrogen) atoms. The van der Waals surface area contributed by atoms with Crippen LogP contribution in [0.2, 0.25) is 0 Å². The molecule has 2 aromatic rings. The molecule has 0 spiro atoms. The average molecular weight is 326 g/mol. The summed E-state index contributed by atoms with van der Waals surface area (Å²) in [4.78, 5) is 31.8. The standard InChI is InChI=1S/C19H22N2O3/c1-2-24-20-18(22)15-9-6-12-21(13-15)19(23)17-11-5-8-14-7-3-4-10-16(14)17/h3-5,7-8,10-11,15H,2,6,9,12-13H2,1H3,(H,20,22). The van der Waals surface area contributed by atoms with Crippen LogP contribution in [0.1, 0.15) is 30.1 Å². The van der Waals surface area contributed by atoms with Crippen molar-refractivity contribution in [3.63, 3.8) is 0 Å². The van der Waals surface area contributed by atoms with E-state index in [1.54, 1.807) is 4.90 Å². The fraction of sp³-hybridized carbons (Fsp3) is 0.368. The minimum absolute atomic E-state index is 0.0132. The van der Waals surface area contributed by atoms with Crippen molar-refractivity contribution in [2.75, 3.05) is 19.7 Å². The maximum absolute atomic E-state index is 13.0. The van der Waals surface area contributed by atoms with E-state index >= 15 is 0 Å². The van der Waals surface area contributed by atoms with Gasteiger partial charge in [-0.2, -0.15) is 0 Å². The van der Waals surface area contributed by atoms with E-state index in [4.69, 9.17) is 4.84 Å². The van der Waals surface area contributed by atoms with Gasteiger partial charge in [-0.05, 0) is 36.6 Å². The van der Waals surface area contributed by atoms with E-state index in [1.807, 2.05) is 49.4 Å². The van der Waals surface area contributed by atoms with Crippen LogP contribution in [0.5, 0.6) is 0 Å². The Labute approximate surface area is 141 Å². The lowest BCUT2D eigenvalue weighted by Gasteiger charge is -2.32. The zero-order valence-electron chi connectivity index (χ0n) is 13.8. The van der Waals surface area contributed by atoms with Gasteiger partial charge in [-0.3, -0.25) is 14.4 Å². The predicted molar refractivity (Wildman–Crippen MR) is 92.3 cm³/mol. The maximum atomic E-state index is 13.0. The zero-order valence-corrected chi connectivity index (χ0v) is 13.8. The van der Waals surface area contributed by atoms with Crippen molar-refractivity contribution in [2.45, 2.75) is 19.8 Å². The van der Waals surface area contributed by atoms with Gasteiger partial charge in [0, 0.05) is 18.7 Å². The lowest BCUT2D eigenvalue weighted by molar-refractivity contribution is -0.138. The zero-order chi connectivity index (χ0) is 16.9. The van der Waals surface area contributed by atoms with Crippen molar-refractivity contribution in [3.8, 4) is 0 Å². The number of carbonyl (C=O) groups excluding carboxylic acids is 2. The molecule has 2 amide bonds. The van der Waals surface area contributed by atoms with E-state index in [2.05, 4.69) is 5.48 Å². The second-order valence-electron chi connectivity index (χ2n) is 6.02. The third kappa shape index (κ3) is 3.41. The Morgan fingerprint density at radius 1 is 1.21 bits per heavy atom. The molecule has 1 aliphatic heterocycles. The van der Waals surface area contributed by atoms with Gasteiger partial charge in [0.2, 0.25) is 5.91 Å². The van der Waals surface area contributed by atoms with Crippen molar-refractivity contribution in [1.82, 2.24) is 10.4 Å². The van der Waals surface area contributed by atoms with Gasteiger partial charge >= 0.3 is 0 Å². The highest BCUT2D eigenvalue weighted by molar-refractivity contribution is 6.07. The van der Waals surface area contributed by atoms with Crippen molar-refractivity contribution < 1.29 is 14.4 Å². The van der Waals surface area contributed by atoms with Gasteiger partial charge in [0.25, 0.3) is 5.91 Å². The minimum atomic E-state index is -0.218. The van der Waals surface area contributed by atoms with E-state index in [9.17, 15) is 9.59 Å². The van der Waals surface area contributed by atoms with E-state index in [-0.39, 0.29) is 17.7 Å². The van der Waals surface area contributed by atoms with Crippen LogP contribution in [0, 0.1) is 5.92 Å². The molecule has 0 saturated carbocycles. The second-order valence-corrected chi connectivity index (χ2v) is 6.02. The number of likely N-dealkylation sites (tertiary alicyclic amines) is 1. The maximum Gasteiger partial charge on any atom is 0.254 e. The van der Waals surface area contributed by atoms with Crippen molar-refractivity contribution in [3.05, 3.63) is 48.0 Å². The van der Waals surface area contributed by atoms with Crippen LogP contribution in [0.25, 0.3) is 10.8 Å². The summed E-state index contributed by atoms with van der Waals surface area (Å²) in [6.07, 6.45) is 1.60. The molecule has 1 fully saturated rings. The molecule has 2 aromatic carbocycles. The number of rotatable bonds is 4. The number of hydrogen-bond donors (Lipinski definition) is 1. The van der Waals surface area contributed by atoms with Gasteiger partial charge in [0.15, 0.2) is 0 Å². The number of amides is 2. The van der Waals surface area contributed by atoms with Crippen LogP contribution >= 0.6 is 0 Å². The molecule has 0 bridgehead atoms. The average Bonchev–Trinajstić information content (AvgIpc) is 2.65. The van der Waals surface area contributed by atoms with Crippen LogP contribution in [0.4, 0.5) is 0 Å². The van der Waals surface area contributed by atoms with Crippen LogP contribution in [-0.4, -0.2) is 36.4 Å². The highest BCUT2D eigenvalue weighted by Crippen LogP contribution is 2.23. The molecule has 1 N–H and O–H groups in total. The summed E-state index contributed by atoms with van der Waals surface area (Å²) in [6, 6.07) is 13.6. The molecular weight excluding hydrogens is 304 g/mol. The summed E-state index contributed by atoms with van der Waals surface area (Å²) in [5.74, 6) is -0.378. The molecule has 1 aliphatic rings. The van der Waals surface area contributed by atoms with Gasteiger partial charge < -0.3 is 4.90 Å². The van der Waals surface area contributed by atoms with E-state index in [1.165, 1.54) is 0 Å². The number of piperidine rings is 1. The van der Waals surface area contributed by atoms with Crippen LogP contribution in [0.3, 0.4) is 0 Å². The van der Waals surface area contributed by atoms with Crippen molar-refractivity contribution in [2.24, 2.45) is 5.92 Å². The molecule has 0 radical (unpaired) electrons. The number of nitrogens with one attached hydrogen (secondary N) is 1. The number of hydroxylamine groups is 1. The van der Waals surface area contributed by atoms with Gasteiger partial charge in [0.05, 0.1) is 12.5 Å². The number of fused-ring (bicyclic) bond motifs is 1. The number of hydrogen-bond acceptors (Lipinski definition) is 3. The first kappa shape index (κ1) is 16.5. The summed E-state index contributed by atoms with van der Waals surface area (Å²) in [7, 11) is 0. The fourth-order valence-corrected chi connectivity index (χ4v) is 3.18. The SMILES string of the molecule is CCONC(=O)C1CCCN(C(=O)c2cccc3ccccc23)C1.